The molecule has 4 nitrogen and oxygen atoms in total. The molecule has 0 saturated heterocycles. The summed E-state index contributed by atoms with van der Waals surface area (Å²) in [4.78, 5) is 0. The van der Waals surface area contributed by atoms with Crippen molar-refractivity contribution >= 4 is 32.7 Å². The molecule has 112 valence electrons. The largest absolute Gasteiger partial charge is 0.382 e. The van der Waals surface area contributed by atoms with Crippen LogP contribution in [0, 0.1) is 0 Å². The summed E-state index contributed by atoms with van der Waals surface area (Å²) >= 11 is 1.21. The molecule has 1 aromatic heterocycles. The summed E-state index contributed by atoms with van der Waals surface area (Å²) in [6.45, 7) is 0. The minimum Gasteiger partial charge on any atom is -0.382 e. The highest BCUT2D eigenvalue weighted by atomic mass is 32.2. The van der Waals surface area contributed by atoms with Gasteiger partial charge >= 0.3 is 0 Å². The van der Waals surface area contributed by atoms with Crippen LogP contribution in [0.5, 0.6) is 0 Å². The first-order valence-electron chi connectivity index (χ1n) is 7.06. The molecule has 0 spiro atoms. The van der Waals surface area contributed by atoms with Crippen LogP contribution in [0.25, 0.3) is 0 Å². The van der Waals surface area contributed by atoms with Crippen LogP contribution in [0.1, 0.15) is 25.7 Å². The van der Waals surface area contributed by atoms with E-state index in [1.807, 2.05) is 12.1 Å². The average Bonchev–Trinajstić information content (AvgIpc) is 3.13. The lowest BCUT2D eigenvalue weighted by atomic mass is 10.2. The second-order valence-corrected chi connectivity index (χ2v) is 8.10. The number of hydrogen-bond acceptors (Lipinski definition) is 4. The van der Waals surface area contributed by atoms with E-state index in [0.717, 1.165) is 5.69 Å². The van der Waals surface area contributed by atoms with Crippen LogP contribution in [0.3, 0.4) is 0 Å². The van der Waals surface area contributed by atoms with Gasteiger partial charge in [-0.1, -0.05) is 18.9 Å². The molecule has 0 radical (unpaired) electrons. The van der Waals surface area contributed by atoms with E-state index in [1.54, 1.807) is 29.6 Å². The molecule has 1 heterocycles. The highest BCUT2D eigenvalue weighted by Gasteiger charge is 2.16. The molecule has 1 aliphatic carbocycles. The molecule has 6 heteroatoms. The van der Waals surface area contributed by atoms with Gasteiger partial charge in [0.25, 0.3) is 10.0 Å². The van der Waals surface area contributed by atoms with Crippen molar-refractivity contribution in [1.82, 2.24) is 0 Å². The lowest BCUT2D eigenvalue weighted by molar-refractivity contribution is 0.603. The van der Waals surface area contributed by atoms with Crippen molar-refractivity contribution in [3.8, 4) is 0 Å². The lowest BCUT2D eigenvalue weighted by Crippen LogP contribution is -2.14. The van der Waals surface area contributed by atoms with E-state index in [4.69, 9.17) is 0 Å². The molecular weight excluding hydrogens is 304 g/mol. The molecule has 0 bridgehead atoms. The van der Waals surface area contributed by atoms with Crippen molar-refractivity contribution in [2.45, 2.75) is 35.9 Å². The van der Waals surface area contributed by atoms with Gasteiger partial charge in [0, 0.05) is 17.4 Å². The van der Waals surface area contributed by atoms with Gasteiger partial charge < -0.3 is 5.32 Å². The molecule has 0 aliphatic heterocycles. The number of hydrogen-bond donors (Lipinski definition) is 2. The lowest BCUT2D eigenvalue weighted by Gasteiger charge is -2.14. The molecule has 1 aromatic carbocycles. The molecule has 1 aliphatic rings. The maximum absolute atomic E-state index is 12.1. The molecule has 1 fully saturated rings. The summed E-state index contributed by atoms with van der Waals surface area (Å²) in [5.41, 5.74) is 1.63. The monoisotopic (exact) mass is 322 g/mol. The van der Waals surface area contributed by atoms with Gasteiger partial charge in [-0.15, -0.1) is 11.3 Å². The summed E-state index contributed by atoms with van der Waals surface area (Å²) in [7, 11) is -3.46. The number of rotatable bonds is 5. The first-order chi connectivity index (χ1) is 10.1. The fourth-order valence-corrected chi connectivity index (χ4v) is 4.61. The van der Waals surface area contributed by atoms with E-state index in [-0.39, 0.29) is 0 Å². The molecule has 1 saturated carbocycles. The summed E-state index contributed by atoms with van der Waals surface area (Å²) in [5, 5.41) is 5.24. The minimum atomic E-state index is -3.46. The predicted molar refractivity (Wildman–Crippen MR) is 87.4 cm³/mol. The normalized spacial score (nSPS) is 16.0. The molecule has 0 unspecified atom stereocenters. The molecule has 21 heavy (non-hydrogen) atoms. The Kier molecular flexibility index (Phi) is 4.17. The van der Waals surface area contributed by atoms with Gasteiger partial charge in [0.1, 0.15) is 4.21 Å². The SMILES string of the molecule is O=S(=O)(Nc1ccc(NC2CCCC2)cc1)c1cccs1. The number of thiophene rings is 1. The fraction of sp³-hybridized carbons (Fsp3) is 0.333. The summed E-state index contributed by atoms with van der Waals surface area (Å²) in [6.07, 6.45) is 5.01. The smallest absolute Gasteiger partial charge is 0.271 e. The third-order valence-electron chi connectivity index (χ3n) is 3.62. The second kappa shape index (κ2) is 6.07. The molecule has 3 rings (SSSR count). The molecule has 2 aromatic rings. The van der Waals surface area contributed by atoms with Crippen LogP contribution in [0.4, 0.5) is 11.4 Å². The highest BCUT2D eigenvalue weighted by Crippen LogP contribution is 2.24. The number of nitrogens with one attached hydrogen (secondary N) is 2. The molecule has 2 N–H and O–H groups in total. The predicted octanol–water partition coefficient (Wildman–Crippen LogP) is 3.90. The van der Waals surface area contributed by atoms with Crippen molar-refractivity contribution in [3.63, 3.8) is 0 Å². The van der Waals surface area contributed by atoms with Gasteiger partial charge in [-0.2, -0.15) is 0 Å². The average molecular weight is 322 g/mol. The Morgan fingerprint density at radius 2 is 1.67 bits per heavy atom. The molecule has 0 amide bonds. The quantitative estimate of drug-likeness (QED) is 0.877. The fourth-order valence-electron chi connectivity index (χ4n) is 2.56. The maximum Gasteiger partial charge on any atom is 0.271 e. The summed E-state index contributed by atoms with van der Waals surface area (Å²) < 4.78 is 27.1. The van der Waals surface area contributed by atoms with Gasteiger partial charge in [0.05, 0.1) is 0 Å². The summed E-state index contributed by atoms with van der Waals surface area (Å²) in [5.74, 6) is 0. The van der Waals surface area contributed by atoms with Crippen LogP contribution >= 0.6 is 11.3 Å². The zero-order valence-electron chi connectivity index (χ0n) is 11.6. The Morgan fingerprint density at radius 1 is 1.00 bits per heavy atom. The minimum absolute atomic E-state index is 0.329. The Hall–Kier alpha value is -1.53. The van der Waals surface area contributed by atoms with Crippen LogP contribution in [0.2, 0.25) is 0 Å². The van der Waals surface area contributed by atoms with Gasteiger partial charge in [-0.3, -0.25) is 4.72 Å². The third kappa shape index (κ3) is 3.57. The van der Waals surface area contributed by atoms with E-state index in [1.165, 1.54) is 37.0 Å². The highest BCUT2D eigenvalue weighted by molar-refractivity contribution is 7.94. The van der Waals surface area contributed by atoms with Crippen LogP contribution in [0.15, 0.2) is 46.0 Å². The van der Waals surface area contributed by atoms with Gasteiger partial charge in [-0.05, 0) is 48.6 Å². The van der Waals surface area contributed by atoms with E-state index >= 15 is 0 Å². The van der Waals surface area contributed by atoms with Crippen LogP contribution in [-0.4, -0.2) is 14.5 Å². The third-order valence-corrected chi connectivity index (χ3v) is 6.40. The first-order valence-corrected chi connectivity index (χ1v) is 9.43. The van der Waals surface area contributed by atoms with Crippen molar-refractivity contribution in [3.05, 3.63) is 41.8 Å². The Labute approximate surface area is 129 Å². The van der Waals surface area contributed by atoms with Gasteiger partial charge in [-0.25, -0.2) is 8.42 Å². The van der Waals surface area contributed by atoms with E-state index in [0.29, 0.717) is 15.9 Å². The van der Waals surface area contributed by atoms with Crippen LogP contribution in [-0.2, 0) is 10.0 Å². The van der Waals surface area contributed by atoms with Crippen molar-refractivity contribution < 1.29 is 8.42 Å². The molecule has 0 atom stereocenters. The van der Waals surface area contributed by atoms with Gasteiger partial charge in [0.2, 0.25) is 0 Å². The molecular formula is C15H18N2O2S2. The zero-order valence-corrected chi connectivity index (χ0v) is 13.2. The standard InChI is InChI=1S/C15H18N2O2S2/c18-21(19,15-6-3-11-20-15)17-14-9-7-13(8-10-14)16-12-4-1-2-5-12/h3,6-12,16-17H,1-2,4-5H2. The van der Waals surface area contributed by atoms with Crippen LogP contribution < -0.4 is 10.0 Å². The van der Waals surface area contributed by atoms with E-state index < -0.39 is 10.0 Å². The maximum atomic E-state index is 12.1. The van der Waals surface area contributed by atoms with E-state index in [2.05, 4.69) is 10.0 Å². The van der Waals surface area contributed by atoms with Crippen molar-refractivity contribution in [1.29, 1.82) is 0 Å². The second-order valence-electron chi connectivity index (χ2n) is 5.24. The Bertz CT molecular complexity index is 673. The zero-order chi connectivity index (χ0) is 14.7. The Morgan fingerprint density at radius 3 is 2.29 bits per heavy atom. The number of sulfonamides is 1. The summed E-state index contributed by atoms with van der Waals surface area (Å²) in [6, 6.07) is 11.3. The topological polar surface area (TPSA) is 58.2 Å². The van der Waals surface area contributed by atoms with Gasteiger partial charge in [0.15, 0.2) is 0 Å². The first kappa shape index (κ1) is 14.4. The van der Waals surface area contributed by atoms with E-state index in [9.17, 15) is 8.42 Å². The Balaban J connectivity index is 1.67. The number of benzene rings is 1. The van der Waals surface area contributed by atoms with Crippen molar-refractivity contribution in [2.75, 3.05) is 10.0 Å². The number of anilines is 2. The van der Waals surface area contributed by atoms with Crippen molar-refractivity contribution in [2.24, 2.45) is 0 Å².